The van der Waals surface area contributed by atoms with E-state index in [-0.39, 0.29) is 0 Å². The van der Waals surface area contributed by atoms with Crippen LogP contribution >= 0.6 is 0 Å². The molecule has 0 amide bonds. The highest BCUT2D eigenvalue weighted by Gasteiger charge is 2.05. The highest BCUT2D eigenvalue weighted by molar-refractivity contribution is 5.11. The molecule has 1 fully saturated rings. The van der Waals surface area contributed by atoms with Crippen LogP contribution in [0, 0.1) is 6.92 Å². The van der Waals surface area contributed by atoms with Gasteiger partial charge >= 0.3 is 0 Å². The van der Waals surface area contributed by atoms with Crippen LogP contribution in [0.2, 0.25) is 0 Å². The van der Waals surface area contributed by atoms with E-state index in [1.165, 1.54) is 32.1 Å². The summed E-state index contributed by atoms with van der Waals surface area (Å²) in [6.07, 6.45) is 2.75. The summed E-state index contributed by atoms with van der Waals surface area (Å²) >= 11 is 0. The fourth-order valence-electron chi connectivity index (χ4n) is 1.39. The fourth-order valence-corrected chi connectivity index (χ4v) is 1.39. The summed E-state index contributed by atoms with van der Waals surface area (Å²) < 4.78 is 0. The van der Waals surface area contributed by atoms with Crippen LogP contribution in [0.25, 0.3) is 0 Å². The topological polar surface area (TPSA) is 41.5 Å². The summed E-state index contributed by atoms with van der Waals surface area (Å²) in [6.45, 7) is 5.55. The molecule has 2 rings (SSSR count). The maximum Gasteiger partial charge on any atom is 0.0710 e. The maximum atomic E-state index is 7.07. The van der Waals surface area contributed by atoms with Crippen molar-refractivity contribution in [3.05, 3.63) is 35.9 Å². The summed E-state index contributed by atoms with van der Waals surface area (Å²) in [5, 5.41) is 10.4. The Bertz CT molecular complexity index is 233. The van der Waals surface area contributed by atoms with Gasteiger partial charge in [0.25, 0.3) is 0 Å². The zero-order chi connectivity index (χ0) is 12.2. The van der Waals surface area contributed by atoms with Crippen molar-refractivity contribution in [2.75, 3.05) is 13.7 Å². The molecule has 0 aliphatic carbocycles. The predicted octanol–water partition coefficient (Wildman–Crippen LogP) is 2.86. The molecule has 0 spiro atoms. The molecule has 0 saturated carbocycles. The first-order valence-corrected chi connectivity index (χ1v) is 5.63. The van der Waals surface area contributed by atoms with E-state index in [0.29, 0.717) is 0 Å². The van der Waals surface area contributed by atoms with Crippen molar-refractivity contribution >= 4 is 0 Å². The summed E-state index contributed by atoms with van der Waals surface area (Å²) in [4.78, 5) is 3.25. The third-order valence-electron chi connectivity index (χ3n) is 2.25. The summed E-state index contributed by atoms with van der Waals surface area (Å²) in [5.41, 5.74) is 1.32. The van der Waals surface area contributed by atoms with E-state index in [1.54, 1.807) is 0 Å². The van der Waals surface area contributed by atoms with Gasteiger partial charge < -0.3 is 5.32 Å². The Hall–Kier alpha value is -0.900. The van der Waals surface area contributed by atoms with Crippen LogP contribution in [0.4, 0.5) is 0 Å². The van der Waals surface area contributed by atoms with E-state index >= 15 is 0 Å². The van der Waals surface area contributed by atoms with Gasteiger partial charge in [-0.05, 0) is 33.2 Å². The number of aryl methyl sites for hydroxylation is 1. The van der Waals surface area contributed by atoms with Crippen LogP contribution in [0.3, 0.4) is 0 Å². The van der Waals surface area contributed by atoms with Crippen molar-refractivity contribution in [3.63, 3.8) is 0 Å². The van der Waals surface area contributed by atoms with Crippen molar-refractivity contribution in [2.24, 2.45) is 0 Å². The number of hydrogen-bond acceptors (Lipinski definition) is 3. The molecular formula is C13H23NO2. The highest BCUT2D eigenvalue weighted by atomic mass is 17.1. The molecule has 1 atom stereocenters. The average molecular weight is 225 g/mol. The lowest BCUT2D eigenvalue weighted by Gasteiger charge is -1.95. The molecule has 1 saturated heterocycles. The van der Waals surface area contributed by atoms with Crippen LogP contribution in [0.15, 0.2) is 30.3 Å². The Morgan fingerprint density at radius 3 is 2.06 bits per heavy atom. The van der Waals surface area contributed by atoms with E-state index < -0.39 is 0 Å². The lowest BCUT2D eigenvalue weighted by molar-refractivity contribution is -0.214. The van der Waals surface area contributed by atoms with Crippen molar-refractivity contribution < 1.29 is 10.1 Å². The second-order valence-corrected chi connectivity index (χ2v) is 3.83. The molecule has 0 unspecified atom stereocenters. The Labute approximate surface area is 98.4 Å². The molecule has 1 aliphatic heterocycles. The molecule has 1 aromatic carbocycles. The third-order valence-corrected chi connectivity index (χ3v) is 2.25. The van der Waals surface area contributed by atoms with Crippen LogP contribution in [-0.4, -0.2) is 25.0 Å². The number of benzene rings is 1. The van der Waals surface area contributed by atoms with Gasteiger partial charge in [0.2, 0.25) is 0 Å². The van der Waals surface area contributed by atoms with Gasteiger partial charge in [0.05, 0.1) is 7.11 Å². The minimum Gasteiger partial charge on any atom is -0.314 e. The molecule has 1 aliphatic rings. The molecule has 3 nitrogen and oxygen atoms in total. The van der Waals surface area contributed by atoms with E-state index in [4.69, 9.17) is 5.26 Å². The van der Waals surface area contributed by atoms with E-state index in [1.807, 2.05) is 18.2 Å². The van der Waals surface area contributed by atoms with Crippen LogP contribution < -0.4 is 5.32 Å². The van der Waals surface area contributed by atoms with Gasteiger partial charge in [-0.1, -0.05) is 35.9 Å². The number of hydrogen-bond donors (Lipinski definition) is 2. The van der Waals surface area contributed by atoms with Crippen molar-refractivity contribution in [3.8, 4) is 0 Å². The van der Waals surface area contributed by atoms with Gasteiger partial charge in [-0.2, -0.15) is 0 Å². The molecule has 0 radical (unpaired) electrons. The molecule has 16 heavy (non-hydrogen) atoms. The smallest absolute Gasteiger partial charge is 0.0710 e. The van der Waals surface area contributed by atoms with Gasteiger partial charge in [0.15, 0.2) is 0 Å². The second-order valence-electron chi connectivity index (χ2n) is 3.83. The average Bonchev–Trinajstić information content (AvgIpc) is 2.72. The summed E-state index contributed by atoms with van der Waals surface area (Å²) in [6, 6.07) is 11.1. The quantitative estimate of drug-likeness (QED) is 0.527. The second kappa shape index (κ2) is 10.6. The Morgan fingerprint density at radius 1 is 1.31 bits per heavy atom. The monoisotopic (exact) mass is 225 g/mol. The molecular weight excluding hydrogens is 202 g/mol. The van der Waals surface area contributed by atoms with Crippen molar-refractivity contribution in [2.45, 2.75) is 32.7 Å². The molecule has 3 heteroatoms. The minimum atomic E-state index is 0.796. The van der Waals surface area contributed by atoms with Gasteiger partial charge in [0.1, 0.15) is 0 Å². The largest absolute Gasteiger partial charge is 0.314 e. The lowest BCUT2D eigenvalue weighted by atomic mass is 10.2. The first-order chi connectivity index (χ1) is 7.70. The third kappa shape index (κ3) is 9.65. The lowest BCUT2D eigenvalue weighted by Crippen LogP contribution is -2.16. The van der Waals surface area contributed by atoms with Crippen LogP contribution in [-0.2, 0) is 4.89 Å². The van der Waals surface area contributed by atoms with Gasteiger partial charge in [0, 0.05) is 6.04 Å². The Balaban J connectivity index is 0.000000230. The number of nitrogens with one attached hydrogen (secondary N) is 1. The normalized spacial score (nSPS) is 17.9. The van der Waals surface area contributed by atoms with Crippen LogP contribution in [0.5, 0.6) is 0 Å². The summed E-state index contributed by atoms with van der Waals surface area (Å²) in [7, 11) is 1.18. The van der Waals surface area contributed by atoms with E-state index in [0.717, 1.165) is 6.04 Å². The van der Waals surface area contributed by atoms with Crippen LogP contribution in [0.1, 0.15) is 25.3 Å². The molecule has 0 bridgehead atoms. The van der Waals surface area contributed by atoms with Crippen molar-refractivity contribution in [1.29, 1.82) is 0 Å². The SMILES string of the molecule is COO.C[C@@H]1CCCN1.Cc1ccccc1. The zero-order valence-electron chi connectivity index (χ0n) is 10.4. The molecule has 0 aromatic heterocycles. The van der Waals surface area contributed by atoms with Gasteiger partial charge in [-0.25, -0.2) is 4.89 Å². The fraction of sp³-hybridized carbons (Fsp3) is 0.538. The van der Waals surface area contributed by atoms with E-state index in [9.17, 15) is 0 Å². The minimum absolute atomic E-state index is 0.796. The first kappa shape index (κ1) is 15.1. The van der Waals surface area contributed by atoms with E-state index in [2.05, 4.69) is 36.2 Å². The highest BCUT2D eigenvalue weighted by Crippen LogP contribution is 2.01. The molecule has 1 aromatic rings. The van der Waals surface area contributed by atoms with Crippen molar-refractivity contribution in [1.82, 2.24) is 5.32 Å². The van der Waals surface area contributed by atoms with Gasteiger partial charge in [-0.15, -0.1) is 0 Å². The zero-order valence-corrected chi connectivity index (χ0v) is 10.4. The maximum absolute atomic E-state index is 7.07. The summed E-state index contributed by atoms with van der Waals surface area (Å²) in [5.74, 6) is 0. The molecule has 1 heterocycles. The first-order valence-electron chi connectivity index (χ1n) is 5.63. The predicted molar refractivity (Wildman–Crippen MR) is 67.5 cm³/mol. The molecule has 2 N–H and O–H groups in total. The standard InChI is InChI=1S/C7H8.C5H11N.CH4O2/c1-7-5-3-2-4-6-7;1-5-3-2-4-6-5;1-3-2/h2-6H,1H3;5-6H,2-4H2,1H3;2H,1H3/t;5-;/m.1./s1. The Morgan fingerprint density at radius 2 is 1.88 bits per heavy atom. The van der Waals surface area contributed by atoms with Gasteiger partial charge in [-0.3, -0.25) is 5.26 Å². The Kier molecular flexibility index (Phi) is 10.0. The molecule has 92 valence electrons. The number of rotatable bonds is 0.